The fourth-order valence-corrected chi connectivity index (χ4v) is 1.77. The number of aliphatic carboxylic acids is 1. The molecule has 3 nitrogen and oxygen atoms in total. The second-order valence-corrected chi connectivity index (χ2v) is 5.15. The molecule has 0 aliphatic carbocycles. The van der Waals surface area contributed by atoms with E-state index in [1.165, 1.54) is 0 Å². The first kappa shape index (κ1) is 17.5. The molecule has 1 atom stereocenters. The number of hydrogen-bond donors (Lipinski definition) is 2. The first-order valence-electron chi connectivity index (χ1n) is 9.12. The molecular weight excluding hydrogens is 288 g/mol. The Kier molecular flexibility index (Phi) is 12.5. The Labute approximate surface area is 143 Å². The van der Waals surface area contributed by atoms with Crippen LogP contribution >= 0.6 is 0 Å². The van der Waals surface area contributed by atoms with Crippen LogP contribution in [0, 0.1) is 0 Å². The van der Waals surface area contributed by atoms with Crippen LogP contribution in [0.4, 0.5) is 0 Å². The third-order valence-electron chi connectivity index (χ3n) is 2.99. The van der Waals surface area contributed by atoms with Crippen LogP contribution in [-0.4, -0.2) is 23.7 Å². The molecule has 0 aromatic rings. The van der Waals surface area contributed by atoms with Crippen LogP contribution < -0.4 is 0 Å². The average Bonchev–Trinajstić information content (AvgIpc) is 2.63. The normalized spacial score (nSPS) is 15.2. The molecule has 0 rings (SSSR count). The molecule has 3 heteroatoms. The summed E-state index contributed by atoms with van der Waals surface area (Å²) in [5.41, 5.74) is 0. The van der Waals surface area contributed by atoms with Crippen molar-refractivity contribution in [3.63, 3.8) is 0 Å². The highest BCUT2D eigenvalue weighted by Crippen LogP contribution is 2.02. The van der Waals surface area contributed by atoms with Crippen LogP contribution in [0.3, 0.4) is 0 Å². The van der Waals surface area contributed by atoms with E-state index in [1.54, 1.807) is 6.08 Å². The summed E-state index contributed by atoms with van der Waals surface area (Å²) in [6.45, 7) is 2.13. The van der Waals surface area contributed by atoms with Gasteiger partial charge in [0.05, 0.1) is 6.10 Å². The zero-order valence-electron chi connectivity index (χ0n) is 16.0. The molecular formula is C20H30O3. The third-order valence-corrected chi connectivity index (χ3v) is 2.99. The van der Waals surface area contributed by atoms with Crippen LogP contribution in [0.15, 0.2) is 60.8 Å². The second-order valence-electron chi connectivity index (χ2n) is 5.15. The predicted molar refractivity (Wildman–Crippen MR) is 97.3 cm³/mol. The molecule has 0 radical (unpaired) electrons. The number of carbonyl (C=O) groups is 1. The monoisotopic (exact) mass is 320 g/mol. The quantitative estimate of drug-likeness (QED) is 0.351. The lowest BCUT2D eigenvalue weighted by molar-refractivity contribution is -0.137. The molecule has 0 aliphatic rings. The fraction of sp³-hybridized carbons (Fsp3) is 0.450. The van der Waals surface area contributed by atoms with Crippen molar-refractivity contribution in [3.05, 3.63) is 60.8 Å². The summed E-state index contributed by atoms with van der Waals surface area (Å²) in [4.78, 5) is 10.8. The summed E-state index contributed by atoms with van der Waals surface area (Å²) >= 11 is 0. The van der Waals surface area contributed by atoms with Crippen LogP contribution in [0.1, 0.15) is 51.9 Å². The van der Waals surface area contributed by atoms with Crippen LogP contribution in [0.25, 0.3) is 1.43 Å². The molecule has 0 aromatic heterocycles. The first-order chi connectivity index (χ1) is 12.2. The Morgan fingerprint density at radius 1 is 1.00 bits per heavy atom. The van der Waals surface area contributed by atoms with Gasteiger partial charge in [-0.05, 0) is 38.5 Å². The van der Waals surface area contributed by atoms with Gasteiger partial charge in [-0.15, -0.1) is 0 Å². The van der Waals surface area contributed by atoms with E-state index in [-0.39, 0.29) is 12.5 Å². The van der Waals surface area contributed by atoms with E-state index in [0.717, 1.165) is 25.7 Å². The Morgan fingerprint density at radius 2 is 1.65 bits per heavy atom. The first-order valence-corrected chi connectivity index (χ1v) is 8.30. The van der Waals surface area contributed by atoms with E-state index in [0.29, 0.717) is 12.8 Å². The topological polar surface area (TPSA) is 57.5 Å². The minimum atomic E-state index is -0.563. The zero-order chi connectivity index (χ0) is 18.6. The lowest BCUT2D eigenvalue weighted by atomic mass is 10.1. The molecule has 0 aliphatic heterocycles. The molecule has 1 unspecified atom stereocenters. The molecule has 2 N–H and O–H groups in total. The summed E-state index contributed by atoms with van der Waals surface area (Å²) in [5.74, 6) is -0.563. The third kappa shape index (κ3) is 18.1. The van der Waals surface area contributed by atoms with Gasteiger partial charge in [-0.25, -0.2) is 0 Å². The van der Waals surface area contributed by atoms with Gasteiger partial charge in [0, 0.05) is 6.42 Å². The number of rotatable bonds is 14. The maximum Gasteiger partial charge on any atom is 0.303 e. The molecule has 0 fully saturated rings. The van der Waals surface area contributed by atoms with E-state index < -0.39 is 5.97 Å². The molecule has 23 heavy (non-hydrogen) atoms. The van der Waals surface area contributed by atoms with Gasteiger partial charge in [0.2, 0.25) is 1.43 Å². The van der Waals surface area contributed by atoms with Gasteiger partial charge < -0.3 is 10.2 Å². The van der Waals surface area contributed by atoms with Crippen molar-refractivity contribution in [2.24, 2.45) is 0 Å². The molecule has 0 aromatic carbocycles. The van der Waals surface area contributed by atoms with Gasteiger partial charge in [-0.1, -0.05) is 67.7 Å². The Hall–Kier alpha value is -1.87. The highest BCUT2D eigenvalue weighted by atomic mass is 16.4. The highest BCUT2D eigenvalue weighted by Gasteiger charge is 2.01. The van der Waals surface area contributed by atoms with Gasteiger partial charge in [0.15, 0.2) is 0 Å². The second kappa shape index (κ2) is 16.5. The van der Waals surface area contributed by atoms with Crippen molar-refractivity contribution >= 4 is 5.97 Å². The largest absolute Gasteiger partial charge is 0.481 e. The van der Waals surface area contributed by atoms with Crippen molar-refractivity contribution in [2.45, 2.75) is 58.0 Å². The zero-order valence-corrected chi connectivity index (χ0v) is 14.0. The number of hydrogen-bond acceptors (Lipinski definition) is 3. The number of carboxylic acid groups (broad SMARTS) is 1. The Bertz CT molecular complexity index is 466. The van der Waals surface area contributed by atoms with Gasteiger partial charge >= 0.3 is 5.97 Å². The fourth-order valence-electron chi connectivity index (χ4n) is 1.77. The smallest absolute Gasteiger partial charge is 0.303 e. The lowest BCUT2D eigenvalue weighted by Crippen LogP contribution is -2.03. The molecule has 0 spiro atoms. The number of carboxylic acids is 1. The summed E-state index contributed by atoms with van der Waals surface area (Å²) in [7, 11) is 0. The van der Waals surface area contributed by atoms with Gasteiger partial charge in [-0.3, -0.25) is 4.79 Å². The molecule has 0 bridgehead atoms. The van der Waals surface area contributed by atoms with Crippen molar-refractivity contribution in [1.29, 1.82) is 2.86 Å². The number of aliphatic hydroxyl groups is 1. The highest BCUT2D eigenvalue weighted by molar-refractivity contribution is 5.66. The van der Waals surface area contributed by atoms with Crippen LogP contribution in [0.5, 0.6) is 0 Å². The maximum absolute atomic E-state index is 10.8. The number of allylic oxidation sites excluding steroid dienone is 9. The van der Waals surface area contributed by atoms with Crippen molar-refractivity contribution in [3.8, 4) is 0 Å². The average molecular weight is 320 g/mol. The van der Waals surface area contributed by atoms with Crippen molar-refractivity contribution in [2.75, 3.05) is 0 Å². The molecule has 128 valence electrons. The SMILES string of the molecule is [2H]OC(=O)CCCC(/C=C/C=C\C/C=C\C/C=C\C/C=C\CC)O[2H]. The molecule has 0 amide bonds. The minimum absolute atomic E-state index is 0.168. The standard InChI is InChI=1S/C20H30O3/c1-2-3-4-5-6-7-8-9-10-11-12-13-14-16-19(21)17-15-18-20(22)23/h3-4,6-7,9-10,12-14,16,19,21H,2,5,8,11,15,17-18H2,1H3,(H,22,23)/b4-3-,7-6-,10-9-,13-12-,16-14+/i21D/hD. The molecule has 0 saturated heterocycles. The van der Waals surface area contributed by atoms with E-state index >= 15 is 0 Å². The predicted octanol–water partition coefficient (Wildman–Crippen LogP) is 4.96. The van der Waals surface area contributed by atoms with E-state index in [1.807, 2.05) is 18.2 Å². The lowest BCUT2D eigenvalue weighted by Gasteiger charge is -2.02. The van der Waals surface area contributed by atoms with E-state index in [9.17, 15) is 4.79 Å². The maximum atomic E-state index is 10.8. The summed E-state index contributed by atoms with van der Waals surface area (Å²) in [6.07, 6.45) is 25.2. The van der Waals surface area contributed by atoms with Gasteiger partial charge in [0.1, 0.15) is 0 Å². The Balaban J connectivity index is 3.82. The molecule has 0 saturated carbocycles. The van der Waals surface area contributed by atoms with Crippen LogP contribution in [0.2, 0.25) is 0 Å². The van der Waals surface area contributed by atoms with E-state index in [4.69, 9.17) is 2.86 Å². The van der Waals surface area contributed by atoms with Crippen molar-refractivity contribution in [1.82, 2.24) is 0 Å². The van der Waals surface area contributed by atoms with E-state index in [2.05, 4.69) is 53.6 Å². The van der Waals surface area contributed by atoms with Crippen molar-refractivity contribution < 1.29 is 15.0 Å². The Morgan fingerprint density at radius 3 is 2.26 bits per heavy atom. The summed E-state index contributed by atoms with van der Waals surface area (Å²) < 4.78 is 13.5. The van der Waals surface area contributed by atoms with Gasteiger partial charge in [-0.2, -0.15) is 0 Å². The molecule has 0 heterocycles. The summed E-state index contributed by atoms with van der Waals surface area (Å²) in [6, 6.07) is 0. The summed E-state index contributed by atoms with van der Waals surface area (Å²) in [5, 5.41) is 8.41. The van der Waals surface area contributed by atoms with Gasteiger partial charge in [0.25, 0.3) is 1.43 Å². The minimum Gasteiger partial charge on any atom is -0.481 e. The number of aliphatic hydroxyl groups excluding tert-OH is 1. The van der Waals surface area contributed by atoms with Crippen LogP contribution in [-0.2, 0) is 4.79 Å².